The highest BCUT2D eigenvalue weighted by Crippen LogP contribution is 2.17. The van der Waals surface area contributed by atoms with Crippen molar-refractivity contribution < 1.29 is 9.90 Å². The lowest BCUT2D eigenvalue weighted by Crippen LogP contribution is -2.50. The van der Waals surface area contributed by atoms with Gasteiger partial charge in [-0.05, 0) is 19.1 Å². The molecule has 2 rings (SSSR count). The molecule has 1 fully saturated rings. The average molecular weight is 248 g/mol. The molecule has 1 saturated heterocycles. The number of carboxylic acids is 1. The van der Waals surface area contributed by atoms with Crippen molar-refractivity contribution in [2.24, 2.45) is 0 Å². The Bertz CT molecular complexity index is 386. The van der Waals surface area contributed by atoms with Crippen molar-refractivity contribution in [2.45, 2.75) is 19.4 Å². The third-order valence-corrected chi connectivity index (χ3v) is 3.53. The molecule has 0 amide bonds. The van der Waals surface area contributed by atoms with Crippen LogP contribution < -0.4 is 4.90 Å². The minimum Gasteiger partial charge on any atom is -0.481 e. The highest BCUT2D eigenvalue weighted by atomic mass is 16.4. The number of aliphatic carboxylic acids is 1. The van der Waals surface area contributed by atoms with E-state index in [4.69, 9.17) is 5.11 Å². The fourth-order valence-electron chi connectivity index (χ4n) is 2.44. The van der Waals surface area contributed by atoms with E-state index in [1.807, 2.05) is 13.0 Å². The van der Waals surface area contributed by atoms with Crippen LogP contribution in [0, 0.1) is 0 Å². The van der Waals surface area contributed by atoms with Gasteiger partial charge in [0.2, 0.25) is 0 Å². The number of piperazine rings is 1. The Balaban J connectivity index is 1.86. The normalized spacial score (nSPS) is 18.6. The van der Waals surface area contributed by atoms with Gasteiger partial charge in [-0.15, -0.1) is 0 Å². The Morgan fingerprint density at radius 3 is 2.39 bits per heavy atom. The van der Waals surface area contributed by atoms with Crippen LogP contribution in [0.3, 0.4) is 0 Å². The molecule has 0 spiro atoms. The van der Waals surface area contributed by atoms with E-state index in [1.165, 1.54) is 5.69 Å². The predicted octanol–water partition coefficient (Wildman–Crippen LogP) is 1.67. The zero-order valence-corrected chi connectivity index (χ0v) is 10.7. The third-order valence-electron chi connectivity index (χ3n) is 3.53. The van der Waals surface area contributed by atoms with Crippen LogP contribution in [0.15, 0.2) is 30.3 Å². The van der Waals surface area contributed by atoms with Gasteiger partial charge in [0, 0.05) is 37.9 Å². The summed E-state index contributed by atoms with van der Waals surface area (Å²) in [5.74, 6) is -0.715. The zero-order chi connectivity index (χ0) is 13.0. The van der Waals surface area contributed by atoms with Crippen LogP contribution in [0.5, 0.6) is 0 Å². The second-order valence-corrected chi connectivity index (χ2v) is 4.81. The van der Waals surface area contributed by atoms with Gasteiger partial charge in [-0.3, -0.25) is 9.69 Å². The number of anilines is 1. The Morgan fingerprint density at radius 2 is 1.83 bits per heavy atom. The average Bonchev–Trinajstić information content (AvgIpc) is 2.39. The predicted molar refractivity (Wildman–Crippen MR) is 71.9 cm³/mol. The Labute approximate surface area is 108 Å². The van der Waals surface area contributed by atoms with Gasteiger partial charge in [0.05, 0.1) is 6.42 Å². The van der Waals surface area contributed by atoms with Crippen LogP contribution in [0.1, 0.15) is 13.3 Å². The maximum absolute atomic E-state index is 10.7. The number of hydrogen-bond donors (Lipinski definition) is 1. The molecular formula is C14H20N2O2. The number of nitrogens with zero attached hydrogens (tertiary/aromatic N) is 2. The van der Waals surface area contributed by atoms with Gasteiger partial charge in [-0.1, -0.05) is 18.2 Å². The van der Waals surface area contributed by atoms with Crippen LogP contribution in [0.4, 0.5) is 5.69 Å². The highest BCUT2D eigenvalue weighted by molar-refractivity contribution is 5.67. The van der Waals surface area contributed by atoms with Crippen molar-refractivity contribution in [1.29, 1.82) is 0 Å². The second-order valence-electron chi connectivity index (χ2n) is 4.81. The fraction of sp³-hybridized carbons (Fsp3) is 0.500. The quantitative estimate of drug-likeness (QED) is 0.880. The highest BCUT2D eigenvalue weighted by Gasteiger charge is 2.22. The largest absolute Gasteiger partial charge is 0.481 e. The van der Waals surface area contributed by atoms with Gasteiger partial charge in [0.15, 0.2) is 0 Å². The van der Waals surface area contributed by atoms with Crippen molar-refractivity contribution in [3.05, 3.63) is 30.3 Å². The van der Waals surface area contributed by atoms with Gasteiger partial charge < -0.3 is 10.0 Å². The Morgan fingerprint density at radius 1 is 1.22 bits per heavy atom. The number of para-hydroxylation sites is 1. The Kier molecular flexibility index (Phi) is 4.20. The lowest BCUT2D eigenvalue weighted by atomic mass is 10.1. The number of benzene rings is 1. The van der Waals surface area contributed by atoms with Crippen LogP contribution >= 0.6 is 0 Å². The van der Waals surface area contributed by atoms with E-state index < -0.39 is 5.97 Å². The molecule has 1 aliphatic rings. The molecule has 4 heteroatoms. The zero-order valence-electron chi connectivity index (χ0n) is 10.7. The van der Waals surface area contributed by atoms with Gasteiger partial charge in [-0.25, -0.2) is 0 Å². The fourth-order valence-corrected chi connectivity index (χ4v) is 2.44. The van der Waals surface area contributed by atoms with Crippen molar-refractivity contribution in [2.75, 3.05) is 31.1 Å². The van der Waals surface area contributed by atoms with Crippen molar-refractivity contribution in [1.82, 2.24) is 4.90 Å². The van der Waals surface area contributed by atoms with Crippen molar-refractivity contribution in [3.8, 4) is 0 Å². The topological polar surface area (TPSA) is 43.8 Å². The molecule has 1 atom stereocenters. The first-order chi connectivity index (χ1) is 8.66. The summed E-state index contributed by atoms with van der Waals surface area (Å²) >= 11 is 0. The summed E-state index contributed by atoms with van der Waals surface area (Å²) in [5.41, 5.74) is 1.25. The molecule has 0 saturated carbocycles. The van der Waals surface area contributed by atoms with E-state index in [9.17, 15) is 4.79 Å². The van der Waals surface area contributed by atoms with Crippen molar-refractivity contribution in [3.63, 3.8) is 0 Å². The summed E-state index contributed by atoms with van der Waals surface area (Å²) in [6.07, 6.45) is 0.228. The minimum absolute atomic E-state index is 0.125. The summed E-state index contributed by atoms with van der Waals surface area (Å²) in [4.78, 5) is 15.3. The van der Waals surface area contributed by atoms with E-state index in [2.05, 4.69) is 34.1 Å². The maximum Gasteiger partial charge on any atom is 0.304 e. The van der Waals surface area contributed by atoms with E-state index in [1.54, 1.807) is 0 Å². The summed E-state index contributed by atoms with van der Waals surface area (Å²) in [7, 11) is 0. The molecule has 98 valence electrons. The van der Waals surface area contributed by atoms with Crippen LogP contribution in [-0.4, -0.2) is 48.2 Å². The summed E-state index contributed by atoms with van der Waals surface area (Å²) in [5, 5.41) is 8.81. The number of carboxylic acid groups (broad SMARTS) is 1. The van der Waals surface area contributed by atoms with Crippen LogP contribution in [-0.2, 0) is 4.79 Å². The number of hydrogen-bond acceptors (Lipinski definition) is 3. The first kappa shape index (κ1) is 12.9. The molecule has 1 aromatic rings. The minimum atomic E-state index is -0.715. The van der Waals surface area contributed by atoms with Crippen molar-refractivity contribution >= 4 is 11.7 Å². The maximum atomic E-state index is 10.7. The smallest absolute Gasteiger partial charge is 0.304 e. The summed E-state index contributed by atoms with van der Waals surface area (Å²) < 4.78 is 0. The molecule has 1 unspecified atom stereocenters. The molecule has 1 heterocycles. The summed E-state index contributed by atoms with van der Waals surface area (Å²) in [6, 6.07) is 10.5. The first-order valence-corrected chi connectivity index (χ1v) is 6.42. The number of rotatable bonds is 4. The molecule has 0 bridgehead atoms. The molecular weight excluding hydrogens is 228 g/mol. The SMILES string of the molecule is CC(CC(=O)O)N1CCN(c2ccccc2)CC1. The van der Waals surface area contributed by atoms with E-state index in [0.29, 0.717) is 0 Å². The monoisotopic (exact) mass is 248 g/mol. The molecule has 4 nitrogen and oxygen atoms in total. The van der Waals surface area contributed by atoms with Crippen LogP contribution in [0.2, 0.25) is 0 Å². The standard InChI is InChI=1S/C14H20N2O2/c1-12(11-14(17)18)15-7-9-16(10-8-15)13-5-3-2-4-6-13/h2-6,12H,7-11H2,1H3,(H,17,18). The van der Waals surface area contributed by atoms with Gasteiger partial charge in [0.1, 0.15) is 0 Å². The summed E-state index contributed by atoms with van der Waals surface area (Å²) in [6.45, 7) is 5.79. The third kappa shape index (κ3) is 3.23. The van der Waals surface area contributed by atoms with Gasteiger partial charge in [0.25, 0.3) is 0 Å². The molecule has 0 radical (unpaired) electrons. The molecule has 18 heavy (non-hydrogen) atoms. The molecule has 1 aromatic carbocycles. The van der Waals surface area contributed by atoms with Gasteiger partial charge in [-0.2, -0.15) is 0 Å². The van der Waals surface area contributed by atoms with Gasteiger partial charge >= 0.3 is 5.97 Å². The molecule has 1 N–H and O–H groups in total. The number of carbonyl (C=O) groups is 1. The lowest BCUT2D eigenvalue weighted by Gasteiger charge is -2.38. The first-order valence-electron chi connectivity index (χ1n) is 6.42. The van der Waals surface area contributed by atoms with E-state index in [-0.39, 0.29) is 12.5 Å². The van der Waals surface area contributed by atoms with E-state index >= 15 is 0 Å². The van der Waals surface area contributed by atoms with Crippen LogP contribution in [0.25, 0.3) is 0 Å². The van der Waals surface area contributed by atoms with E-state index in [0.717, 1.165) is 26.2 Å². The molecule has 0 aromatic heterocycles. The lowest BCUT2D eigenvalue weighted by molar-refractivity contribution is -0.138. The molecule has 0 aliphatic carbocycles. The molecule has 1 aliphatic heterocycles. The Hall–Kier alpha value is -1.55. The second kappa shape index (κ2) is 5.87.